The van der Waals surface area contributed by atoms with Crippen molar-refractivity contribution in [3.8, 4) is 0 Å². The molecule has 0 aliphatic rings. The van der Waals surface area contributed by atoms with Crippen LogP contribution in [0.2, 0.25) is 0 Å². The zero-order chi connectivity index (χ0) is 11.8. The van der Waals surface area contributed by atoms with Crippen LogP contribution in [0.5, 0.6) is 0 Å². The van der Waals surface area contributed by atoms with Crippen LogP contribution in [-0.4, -0.2) is 11.3 Å². The van der Waals surface area contributed by atoms with Crippen molar-refractivity contribution >= 4 is 33.8 Å². The molecule has 1 aromatic heterocycles. The minimum absolute atomic E-state index is 0.490. The Morgan fingerprint density at radius 2 is 1.88 bits per heavy atom. The van der Waals surface area contributed by atoms with E-state index in [1.165, 1.54) is 0 Å². The number of aldehydes is 1. The van der Waals surface area contributed by atoms with Gasteiger partial charge in [0.25, 0.3) is 0 Å². The Hall–Kier alpha value is -2.42. The molecule has 1 heterocycles. The third-order valence-corrected chi connectivity index (χ3v) is 2.89. The van der Waals surface area contributed by atoms with Crippen molar-refractivity contribution in [2.45, 2.75) is 0 Å². The smallest absolute Gasteiger partial charge is 0.152 e. The summed E-state index contributed by atoms with van der Waals surface area (Å²) in [6, 6.07) is 13.3. The van der Waals surface area contributed by atoms with Gasteiger partial charge in [-0.1, -0.05) is 18.2 Å². The number of rotatable bonds is 1. The largest absolute Gasteiger partial charge is 0.398 e. The zero-order valence-corrected chi connectivity index (χ0v) is 9.05. The number of carbonyl (C=O) groups excluding carboxylic acids is 1. The van der Waals surface area contributed by atoms with E-state index in [2.05, 4.69) is 4.98 Å². The Morgan fingerprint density at radius 1 is 1.06 bits per heavy atom. The molecule has 17 heavy (non-hydrogen) atoms. The van der Waals surface area contributed by atoms with Crippen LogP contribution >= 0.6 is 0 Å². The van der Waals surface area contributed by atoms with Crippen LogP contribution in [0, 0.1) is 0 Å². The van der Waals surface area contributed by atoms with Gasteiger partial charge in [-0.25, -0.2) is 4.98 Å². The molecule has 3 rings (SSSR count). The monoisotopic (exact) mass is 222 g/mol. The second kappa shape index (κ2) is 3.56. The Labute approximate surface area is 97.9 Å². The zero-order valence-electron chi connectivity index (χ0n) is 9.05. The summed E-state index contributed by atoms with van der Waals surface area (Å²) in [5.41, 5.74) is 8.50. The summed E-state index contributed by atoms with van der Waals surface area (Å²) in [5, 5.41) is 1.81. The van der Waals surface area contributed by atoms with Gasteiger partial charge in [0, 0.05) is 22.0 Å². The summed E-state index contributed by atoms with van der Waals surface area (Å²) in [5.74, 6) is 0. The normalized spacial score (nSPS) is 10.8. The molecule has 0 fully saturated rings. The molecule has 2 N–H and O–H groups in total. The summed E-state index contributed by atoms with van der Waals surface area (Å²) >= 11 is 0. The summed E-state index contributed by atoms with van der Waals surface area (Å²) in [6.45, 7) is 0. The van der Waals surface area contributed by atoms with Crippen LogP contribution in [0.4, 0.5) is 5.69 Å². The minimum atomic E-state index is 0.490. The number of pyridine rings is 1. The Kier molecular flexibility index (Phi) is 2.05. The molecule has 2 aromatic carbocycles. The van der Waals surface area contributed by atoms with Gasteiger partial charge >= 0.3 is 0 Å². The Balaban J connectivity index is 2.52. The highest BCUT2D eigenvalue weighted by Crippen LogP contribution is 2.25. The first-order valence-corrected chi connectivity index (χ1v) is 5.33. The number of anilines is 1. The van der Waals surface area contributed by atoms with E-state index in [4.69, 9.17) is 5.73 Å². The molecule has 0 aliphatic carbocycles. The molecule has 0 bridgehead atoms. The van der Waals surface area contributed by atoms with Crippen molar-refractivity contribution in [2.24, 2.45) is 0 Å². The number of hydrogen-bond donors (Lipinski definition) is 1. The first-order valence-electron chi connectivity index (χ1n) is 5.33. The molecule has 3 aromatic rings. The number of nitrogens with zero attached hydrogens (tertiary/aromatic N) is 1. The van der Waals surface area contributed by atoms with Gasteiger partial charge in [-0.15, -0.1) is 0 Å². The topological polar surface area (TPSA) is 56.0 Å². The van der Waals surface area contributed by atoms with E-state index in [1.54, 1.807) is 6.07 Å². The van der Waals surface area contributed by atoms with E-state index in [-0.39, 0.29) is 0 Å². The lowest BCUT2D eigenvalue weighted by molar-refractivity contribution is 0.112. The summed E-state index contributed by atoms with van der Waals surface area (Å²) < 4.78 is 0. The average Bonchev–Trinajstić information content (AvgIpc) is 2.36. The number of nitrogens with two attached hydrogens (primary N) is 1. The summed E-state index contributed by atoms with van der Waals surface area (Å²) in [6.07, 6.45) is 0.786. The SMILES string of the molecule is Nc1ccc2nc3ccccc3cc2c1C=O. The van der Waals surface area contributed by atoms with Crippen molar-refractivity contribution in [2.75, 3.05) is 5.73 Å². The van der Waals surface area contributed by atoms with E-state index < -0.39 is 0 Å². The maximum atomic E-state index is 11.1. The van der Waals surface area contributed by atoms with Crippen LogP contribution < -0.4 is 5.73 Å². The van der Waals surface area contributed by atoms with Crippen molar-refractivity contribution in [1.29, 1.82) is 0 Å². The summed E-state index contributed by atoms with van der Waals surface area (Å²) in [4.78, 5) is 15.6. The molecule has 0 amide bonds. The molecule has 0 unspecified atom stereocenters. The second-order valence-corrected chi connectivity index (χ2v) is 3.93. The molecule has 0 saturated carbocycles. The van der Waals surface area contributed by atoms with Gasteiger partial charge in [0.05, 0.1) is 11.0 Å². The molecule has 82 valence electrons. The van der Waals surface area contributed by atoms with Crippen molar-refractivity contribution < 1.29 is 4.79 Å². The Bertz CT molecular complexity index is 735. The maximum absolute atomic E-state index is 11.1. The highest BCUT2D eigenvalue weighted by molar-refractivity contribution is 6.05. The number of fused-ring (bicyclic) bond motifs is 2. The number of aromatic nitrogens is 1. The fourth-order valence-electron chi connectivity index (χ4n) is 2.02. The lowest BCUT2D eigenvalue weighted by Gasteiger charge is -2.05. The van der Waals surface area contributed by atoms with E-state index in [0.29, 0.717) is 11.3 Å². The van der Waals surface area contributed by atoms with Crippen molar-refractivity contribution in [1.82, 2.24) is 4.98 Å². The van der Waals surface area contributed by atoms with E-state index in [0.717, 1.165) is 28.1 Å². The van der Waals surface area contributed by atoms with Gasteiger partial charge in [0.1, 0.15) is 0 Å². The van der Waals surface area contributed by atoms with Gasteiger partial charge in [-0.3, -0.25) is 4.79 Å². The minimum Gasteiger partial charge on any atom is -0.398 e. The lowest BCUT2D eigenvalue weighted by Crippen LogP contribution is -1.95. The number of carbonyl (C=O) groups is 1. The molecule has 3 heteroatoms. The van der Waals surface area contributed by atoms with E-state index >= 15 is 0 Å². The van der Waals surface area contributed by atoms with Crippen LogP contribution in [0.25, 0.3) is 21.8 Å². The van der Waals surface area contributed by atoms with Gasteiger partial charge < -0.3 is 5.73 Å². The summed E-state index contributed by atoms with van der Waals surface area (Å²) in [7, 11) is 0. The average molecular weight is 222 g/mol. The Morgan fingerprint density at radius 3 is 2.71 bits per heavy atom. The molecule has 0 radical (unpaired) electrons. The van der Waals surface area contributed by atoms with Gasteiger partial charge in [-0.2, -0.15) is 0 Å². The van der Waals surface area contributed by atoms with Crippen LogP contribution in [0.3, 0.4) is 0 Å². The maximum Gasteiger partial charge on any atom is 0.152 e. The molecule has 0 spiro atoms. The number of para-hydroxylation sites is 1. The molecule has 3 nitrogen and oxygen atoms in total. The first kappa shape index (κ1) is 9.78. The van der Waals surface area contributed by atoms with Crippen molar-refractivity contribution in [3.05, 3.63) is 48.0 Å². The molecule has 0 saturated heterocycles. The fraction of sp³-hybridized carbons (Fsp3) is 0. The van der Waals surface area contributed by atoms with Crippen LogP contribution in [0.15, 0.2) is 42.5 Å². The quantitative estimate of drug-likeness (QED) is 0.391. The van der Waals surface area contributed by atoms with Gasteiger partial charge in [0.2, 0.25) is 0 Å². The molecular formula is C14H10N2O. The predicted molar refractivity (Wildman–Crippen MR) is 69.0 cm³/mol. The number of nitrogen functional groups attached to an aromatic ring is 1. The lowest BCUT2D eigenvalue weighted by atomic mass is 10.0. The van der Waals surface area contributed by atoms with Gasteiger partial charge in [-0.05, 0) is 24.3 Å². The standard InChI is InChI=1S/C14H10N2O/c15-12-5-6-14-10(11(12)8-17)7-9-3-1-2-4-13(9)16-14/h1-8H,15H2. The van der Waals surface area contributed by atoms with Crippen LogP contribution in [-0.2, 0) is 0 Å². The third-order valence-electron chi connectivity index (χ3n) is 2.89. The molecule has 0 aliphatic heterocycles. The molecule has 0 atom stereocenters. The highest BCUT2D eigenvalue weighted by Gasteiger charge is 2.06. The first-order chi connectivity index (χ1) is 8.29. The third kappa shape index (κ3) is 1.44. The van der Waals surface area contributed by atoms with Crippen molar-refractivity contribution in [3.63, 3.8) is 0 Å². The van der Waals surface area contributed by atoms with E-state index in [1.807, 2.05) is 36.4 Å². The number of benzene rings is 2. The fourth-order valence-corrected chi connectivity index (χ4v) is 2.02. The highest BCUT2D eigenvalue weighted by atomic mass is 16.1. The van der Waals surface area contributed by atoms with E-state index in [9.17, 15) is 4.79 Å². The number of hydrogen-bond acceptors (Lipinski definition) is 3. The second-order valence-electron chi connectivity index (χ2n) is 3.93. The predicted octanol–water partition coefficient (Wildman–Crippen LogP) is 2.78. The van der Waals surface area contributed by atoms with Gasteiger partial charge in [0.15, 0.2) is 6.29 Å². The molecular weight excluding hydrogens is 212 g/mol. The van der Waals surface area contributed by atoms with Crippen LogP contribution in [0.1, 0.15) is 10.4 Å².